The van der Waals surface area contributed by atoms with Crippen LogP contribution in [0.25, 0.3) is 0 Å². The summed E-state index contributed by atoms with van der Waals surface area (Å²) >= 11 is 0. The molecular weight excluding hydrogens is 216 g/mol. The quantitative estimate of drug-likeness (QED) is 0.877. The number of aromatic hydroxyl groups is 1. The number of hydrogen-bond donors (Lipinski definition) is 1. The highest BCUT2D eigenvalue weighted by atomic mass is 16.5. The molecule has 3 nitrogen and oxygen atoms in total. The van der Waals surface area contributed by atoms with Gasteiger partial charge in [0.15, 0.2) is 0 Å². The van der Waals surface area contributed by atoms with Gasteiger partial charge in [-0.15, -0.1) is 0 Å². The summed E-state index contributed by atoms with van der Waals surface area (Å²) in [5.74, 6) is 1.78. The van der Waals surface area contributed by atoms with Crippen molar-refractivity contribution in [1.82, 2.24) is 0 Å². The molecule has 0 atom stereocenters. The zero-order valence-corrected chi connectivity index (χ0v) is 9.59. The van der Waals surface area contributed by atoms with Crippen molar-refractivity contribution in [2.24, 2.45) is 0 Å². The lowest BCUT2D eigenvalue weighted by Gasteiger charge is -2.07. The van der Waals surface area contributed by atoms with Crippen molar-refractivity contribution in [2.45, 2.75) is 6.61 Å². The Morgan fingerprint density at radius 2 is 1.76 bits per heavy atom. The summed E-state index contributed by atoms with van der Waals surface area (Å²) in [6.45, 7) is 0.474. The topological polar surface area (TPSA) is 38.7 Å². The summed E-state index contributed by atoms with van der Waals surface area (Å²) in [6.07, 6.45) is 0. The standard InChI is InChI=1S/C14H14O3/c1-16-14-4-2-3-11(9-14)10-17-13-7-5-12(15)6-8-13/h2-9,15H,10H2,1H3. The first-order valence-corrected chi connectivity index (χ1v) is 5.33. The lowest BCUT2D eigenvalue weighted by molar-refractivity contribution is 0.304. The van der Waals surface area contributed by atoms with Crippen LogP contribution in [-0.2, 0) is 6.61 Å². The second kappa shape index (κ2) is 5.25. The van der Waals surface area contributed by atoms with E-state index in [9.17, 15) is 0 Å². The van der Waals surface area contributed by atoms with E-state index in [0.29, 0.717) is 6.61 Å². The average Bonchev–Trinajstić information content (AvgIpc) is 2.38. The number of benzene rings is 2. The molecule has 0 bridgehead atoms. The Morgan fingerprint density at radius 3 is 2.47 bits per heavy atom. The van der Waals surface area contributed by atoms with Crippen LogP contribution in [0.3, 0.4) is 0 Å². The largest absolute Gasteiger partial charge is 0.508 e. The smallest absolute Gasteiger partial charge is 0.120 e. The minimum atomic E-state index is 0.235. The normalized spacial score (nSPS) is 9.94. The van der Waals surface area contributed by atoms with E-state index in [1.165, 1.54) is 0 Å². The molecule has 0 aliphatic heterocycles. The minimum absolute atomic E-state index is 0.235. The Labute approximate surface area is 100 Å². The molecule has 0 unspecified atom stereocenters. The number of phenols is 1. The van der Waals surface area contributed by atoms with Gasteiger partial charge in [0.25, 0.3) is 0 Å². The molecule has 2 rings (SSSR count). The molecule has 0 aromatic heterocycles. The Kier molecular flexibility index (Phi) is 3.50. The maximum atomic E-state index is 9.14. The number of ether oxygens (including phenoxy) is 2. The van der Waals surface area contributed by atoms with Gasteiger partial charge in [0.2, 0.25) is 0 Å². The molecule has 17 heavy (non-hydrogen) atoms. The van der Waals surface area contributed by atoms with E-state index in [2.05, 4.69) is 0 Å². The van der Waals surface area contributed by atoms with Crippen LogP contribution in [0.4, 0.5) is 0 Å². The first-order chi connectivity index (χ1) is 8.28. The zero-order chi connectivity index (χ0) is 12.1. The molecule has 0 spiro atoms. The molecule has 3 heteroatoms. The van der Waals surface area contributed by atoms with Crippen molar-refractivity contribution >= 4 is 0 Å². The van der Waals surface area contributed by atoms with Crippen LogP contribution in [0, 0.1) is 0 Å². The molecular formula is C14H14O3. The lowest BCUT2D eigenvalue weighted by atomic mass is 10.2. The molecule has 0 amide bonds. The van der Waals surface area contributed by atoms with Crippen LogP contribution in [0.5, 0.6) is 17.2 Å². The molecule has 88 valence electrons. The summed E-state index contributed by atoms with van der Waals surface area (Å²) in [5, 5.41) is 9.14. The summed E-state index contributed by atoms with van der Waals surface area (Å²) in [7, 11) is 1.64. The maximum Gasteiger partial charge on any atom is 0.120 e. The van der Waals surface area contributed by atoms with Gasteiger partial charge < -0.3 is 14.6 Å². The van der Waals surface area contributed by atoms with Crippen LogP contribution < -0.4 is 9.47 Å². The zero-order valence-electron chi connectivity index (χ0n) is 9.59. The maximum absolute atomic E-state index is 9.14. The van der Waals surface area contributed by atoms with Crippen molar-refractivity contribution in [3.05, 3.63) is 54.1 Å². The van der Waals surface area contributed by atoms with Gasteiger partial charge in [-0.3, -0.25) is 0 Å². The van der Waals surface area contributed by atoms with Gasteiger partial charge in [0, 0.05) is 0 Å². The number of rotatable bonds is 4. The first kappa shape index (κ1) is 11.3. The Bertz CT molecular complexity index is 477. The van der Waals surface area contributed by atoms with Crippen LogP contribution >= 0.6 is 0 Å². The van der Waals surface area contributed by atoms with Crippen LogP contribution in [0.2, 0.25) is 0 Å². The fourth-order valence-corrected chi connectivity index (χ4v) is 1.47. The van der Waals surface area contributed by atoms with E-state index >= 15 is 0 Å². The third kappa shape index (κ3) is 3.14. The van der Waals surface area contributed by atoms with Gasteiger partial charge in [0.05, 0.1) is 7.11 Å². The third-order valence-electron chi connectivity index (χ3n) is 2.38. The molecule has 0 radical (unpaired) electrons. The summed E-state index contributed by atoms with van der Waals surface area (Å²) in [6, 6.07) is 14.4. The van der Waals surface area contributed by atoms with E-state index < -0.39 is 0 Å². The molecule has 2 aromatic rings. The second-order valence-electron chi connectivity index (χ2n) is 3.63. The van der Waals surface area contributed by atoms with E-state index in [1.54, 1.807) is 31.4 Å². The molecule has 0 aliphatic rings. The molecule has 0 fully saturated rings. The predicted molar refractivity (Wildman–Crippen MR) is 65.4 cm³/mol. The highest BCUT2D eigenvalue weighted by Gasteiger charge is 1.98. The van der Waals surface area contributed by atoms with Gasteiger partial charge in [-0.05, 0) is 42.0 Å². The summed E-state index contributed by atoms with van der Waals surface area (Å²) in [5.41, 5.74) is 1.04. The summed E-state index contributed by atoms with van der Waals surface area (Å²) < 4.78 is 10.7. The van der Waals surface area contributed by atoms with Gasteiger partial charge in [-0.1, -0.05) is 12.1 Å². The monoisotopic (exact) mass is 230 g/mol. The van der Waals surface area contributed by atoms with Gasteiger partial charge in [-0.2, -0.15) is 0 Å². The SMILES string of the molecule is COc1cccc(COc2ccc(O)cc2)c1. The second-order valence-corrected chi connectivity index (χ2v) is 3.63. The fourth-order valence-electron chi connectivity index (χ4n) is 1.47. The molecule has 2 aromatic carbocycles. The van der Waals surface area contributed by atoms with E-state index in [-0.39, 0.29) is 5.75 Å². The number of hydrogen-bond acceptors (Lipinski definition) is 3. The Morgan fingerprint density at radius 1 is 1.00 bits per heavy atom. The molecule has 0 saturated carbocycles. The van der Waals surface area contributed by atoms with Crippen LogP contribution in [0.1, 0.15) is 5.56 Å². The van der Waals surface area contributed by atoms with E-state index in [0.717, 1.165) is 17.1 Å². The lowest BCUT2D eigenvalue weighted by Crippen LogP contribution is -1.95. The van der Waals surface area contributed by atoms with Gasteiger partial charge in [-0.25, -0.2) is 0 Å². The Balaban J connectivity index is 1.99. The van der Waals surface area contributed by atoms with E-state index in [1.807, 2.05) is 24.3 Å². The first-order valence-electron chi connectivity index (χ1n) is 5.33. The van der Waals surface area contributed by atoms with Crippen molar-refractivity contribution < 1.29 is 14.6 Å². The predicted octanol–water partition coefficient (Wildman–Crippen LogP) is 2.98. The number of phenolic OH excluding ortho intramolecular Hbond substituents is 1. The highest BCUT2D eigenvalue weighted by Crippen LogP contribution is 2.18. The summed E-state index contributed by atoms with van der Waals surface area (Å²) in [4.78, 5) is 0. The van der Waals surface area contributed by atoms with E-state index in [4.69, 9.17) is 14.6 Å². The molecule has 1 N–H and O–H groups in total. The molecule has 0 saturated heterocycles. The van der Waals surface area contributed by atoms with Crippen molar-refractivity contribution in [2.75, 3.05) is 7.11 Å². The highest BCUT2D eigenvalue weighted by molar-refractivity contribution is 5.31. The van der Waals surface area contributed by atoms with Crippen LogP contribution in [-0.4, -0.2) is 12.2 Å². The van der Waals surface area contributed by atoms with Crippen molar-refractivity contribution in [3.63, 3.8) is 0 Å². The van der Waals surface area contributed by atoms with Crippen molar-refractivity contribution in [3.8, 4) is 17.2 Å². The number of methoxy groups -OCH3 is 1. The average molecular weight is 230 g/mol. The van der Waals surface area contributed by atoms with Crippen molar-refractivity contribution in [1.29, 1.82) is 0 Å². The molecule has 0 heterocycles. The van der Waals surface area contributed by atoms with Gasteiger partial charge in [0.1, 0.15) is 23.9 Å². The van der Waals surface area contributed by atoms with Gasteiger partial charge >= 0.3 is 0 Å². The minimum Gasteiger partial charge on any atom is -0.508 e. The fraction of sp³-hybridized carbons (Fsp3) is 0.143. The Hall–Kier alpha value is -2.16. The van der Waals surface area contributed by atoms with Crippen LogP contribution in [0.15, 0.2) is 48.5 Å². The third-order valence-corrected chi connectivity index (χ3v) is 2.38. The molecule has 0 aliphatic carbocycles.